The highest BCUT2D eigenvalue weighted by Crippen LogP contribution is 2.22. The molecule has 0 saturated heterocycles. The van der Waals surface area contributed by atoms with E-state index < -0.39 is 44.8 Å². The van der Waals surface area contributed by atoms with Gasteiger partial charge >= 0.3 is 0 Å². The summed E-state index contributed by atoms with van der Waals surface area (Å²) in [5, 5.41) is 0. The van der Waals surface area contributed by atoms with E-state index in [1.165, 1.54) is 0 Å². The van der Waals surface area contributed by atoms with Gasteiger partial charge in [-0.2, -0.15) is 4.31 Å². The molecule has 0 atom stereocenters. The molecule has 1 aromatic carbocycles. The maximum absolute atomic E-state index is 13.3. The van der Waals surface area contributed by atoms with Crippen LogP contribution in [0.3, 0.4) is 0 Å². The first-order valence-electron chi connectivity index (χ1n) is 4.56. The molecule has 0 radical (unpaired) electrons. The Balaban J connectivity index is 3.29. The van der Waals surface area contributed by atoms with Crippen LogP contribution in [-0.2, 0) is 14.8 Å². The fourth-order valence-electron chi connectivity index (χ4n) is 1.18. The molecular formula is C9H9F3N2O3S. The van der Waals surface area contributed by atoms with Gasteiger partial charge in [0.1, 0.15) is 4.90 Å². The van der Waals surface area contributed by atoms with E-state index in [4.69, 9.17) is 5.73 Å². The highest BCUT2D eigenvalue weighted by atomic mass is 32.2. The number of amides is 1. The van der Waals surface area contributed by atoms with Gasteiger partial charge in [0.25, 0.3) is 0 Å². The van der Waals surface area contributed by atoms with Gasteiger partial charge in [-0.15, -0.1) is 0 Å². The first-order valence-corrected chi connectivity index (χ1v) is 6.00. The van der Waals surface area contributed by atoms with E-state index in [0.717, 1.165) is 7.05 Å². The van der Waals surface area contributed by atoms with E-state index in [2.05, 4.69) is 0 Å². The van der Waals surface area contributed by atoms with Gasteiger partial charge < -0.3 is 5.73 Å². The fourth-order valence-corrected chi connectivity index (χ4v) is 2.37. The van der Waals surface area contributed by atoms with Crippen molar-refractivity contribution in [1.29, 1.82) is 0 Å². The van der Waals surface area contributed by atoms with E-state index in [1.54, 1.807) is 0 Å². The number of halogens is 3. The van der Waals surface area contributed by atoms with Gasteiger partial charge in [-0.3, -0.25) is 4.79 Å². The van der Waals surface area contributed by atoms with E-state index in [-0.39, 0.29) is 0 Å². The predicted octanol–water partition coefficient (Wildman–Crippen LogP) is 0.210. The van der Waals surface area contributed by atoms with Crippen molar-refractivity contribution in [3.63, 3.8) is 0 Å². The van der Waals surface area contributed by atoms with Crippen LogP contribution in [0.25, 0.3) is 0 Å². The van der Waals surface area contributed by atoms with Crippen molar-refractivity contribution in [3.05, 3.63) is 29.6 Å². The zero-order valence-electron chi connectivity index (χ0n) is 9.15. The Kier molecular flexibility index (Phi) is 3.97. The van der Waals surface area contributed by atoms with Gasteiger partial charge in [-0.25, -0.2) is 21.6 Å². The van der Waals surface area contributed by atoms with E-state index in [1.807, 2.05) is 0 Å². The number of hydrogen-bond acceptors (Lipinski definition) is 3. The Morgan fingerprint density at radius 3 is 2.33 bits per heavy atom. The molecule has 0 heterocycles. The lowest BCUT2D eigenvalue weighted by Crippen LogP contribution is -2.35. The number of hydrogen-bond donors (Lipinski definition) is 1. The van der Waals surface area contributed by atoms with Crippen LogP contribution in [-0.4, -0.2) is 32.2 Å². The van der Waals surface area contributed by atoms with Crippen LogP contribution in [0.1, 0.15) is 0 Å². The van der Waals surface area contributed by atoms with Gasteiger partial charge in [0.15, 0.2) is 17.5 Å². The largest absolute Gasteiger partial charge is 0.369 e. The standard InChI is InChI=1S/C9H9F3N2O3S/c1-14(4-7(13)15)18(16,17)6-3-2-5(10)8(11)9(6)12/h2-3H,4H2,1H3,(H2,13,15). The molecule has 0 aliphatic heterocycles. The van der Waals surface area contributed by atoms with Crippen LogP contribution >= 0.6 is 0 Å². The van der Waals surface area contributed by atoms with Crippen LogP contribution in [0.2, 0.25) is 0 Å². The Labute approximate surface area is 101 Å². The second-order valence-electron chi connectivity index (χ2n) is 3.40. The predicted molar refractivity (Wildman–Crippen MR) is 55.3 cm³/mol. The van der Waals surface area contributed by atoms with Gasteiger partial charge in [0.05, 0.1) is 6.54 Å². The van der Waals surface area contributed by atoms with Crippen LogP contribution in [0.15, 0.2) is 17.0 Å². The lowest BCUT2D eigenvalue weighted by atomic mass is 10.3. The van der Waals surface area contributed by atoms with Crippen LogP contribution in [0, 0.1) is 17.5 Å². The van der Waals surface area contributed by atoms with Gasteiger partial charge in [0.2, 0.25) is 15.9 Å². The number of nitrogens with zero attached hydrogens (tertiary/aromatic N) is 1. The number of sulfonamides is 1. The zero-order valence-corrected chi connectivity index (χ0v) is 9.97. The molecular weight excluding hydrogens is 273 g/mol. The maximum Gasteiger partial charge on any atom is 0.246 e. The number of benzene rings is 1. The SMILES string of the molecule is CN(CC(N)=O)S(=O)(=O)c1ccc(F)c(F)c1F. The summed E-state index contributed by atoms with van der Waals surface area (Å²) < 4.78 is 62.8. The maximum atomic E-state index is 13.3. The molecule has 0 fully saturated rings. The molecule has 0 unspecified atom stereocenters. The average molecular weight is 282 g/mol. The summed E-state index contributed by atoms with van der Waals surface area (Å²) in [7, 11) is -3.49. The first-order chi connectivity index (χ1) is 8.17. The smallest absolute Gasteiger partial charge is 0.246 e. The first kappa shape index (κ1) is 14.5. The average Bonchev–Trinajstić information content (AvgIpc) is 2.24. The van der Waals surface area contributed by atoms with Crippen molar-refractivity contribution in [2.45, 2.75) is 4.90 Å². The molecule has 1 rings (SSSR count). The molecule has 0 saturated carbocycles. The topological polar surface area (TPSA) is 80.5 Å². The summed E-state index contributed by atoms with van der Waals surface area (Å²) in [5.41, 5.74) is 4.79. The summed E-state index contributed by atoms with van der Waals surface area (Å²) in [6.45, 7) is -0.708. The number of carbonyl (C=O) groups is 1. The Morgan fingerprint density at radius 1 is 1.28 bits per heavy atom. The Bertz CT molecular complexity index is 589. The van der Waals surface area contributed by atoms with Crippen molar-refractivity contribution in [1.82, 2.24) is 4.31 Å². The third-order valence-electron chi connectivity index (χ3n) is 2.07. The molecule has 100 valence electrons. The normalized spacial score (nSPS) is 11.8. The molecule has 0 spiro atoms. The van der Waals surface area contributed by atoms with Crippen molar-refractivity contribution in [2.24, 2.45) is 5.73 Å². The van der Waals surface area contributed by atoms with E-state index in [0.29, 0.717) is 16.4 Å². The Hall–Kier alpha value is -1.61. The molecule has 2 N–H and O–H groups in total. The fraction of sp³-hybridized carbons (Fsp3) is 0.222. The number of rotatable bonds is 4. The van der Waals surface area contributed by atoms with Gasteiger partial charge in [-0.05, 0) is 12.1 Å². The zero-order chi connectivity index (χ0) is 14.1. The summed E-state index contributed by atoms with van der Waals surface area (Å²) in [5.74, 6) is -6.22. The third-order valence-corrected chi connectivity index (χ3v) is 3.89. The highest BCUT2D eigenvalue weighted by Gasteiger charge is 2.28. The summed E-state index contributed by atoms with van der Waals surface area (Å²) in [6.07, 6.45) is 0. The van der Waals surface area contributed by atoms with Crippen LogP contribution in [0.5, 0.6) is 0 Å². The summed E-state index contributed by atoms with van der Waals surface area (Å²) >= 11 is 0. The molecule has 1 aromatic rings. The lowest BCUT2D eigenvalue weighted by Gasteiger charge is -2.15. The van der Waals surface area contributed by atoms with Gasteiger partial charge in [-0.1, -0.05) is 0 Å². The van der Waals surface area contributed by atoms with Crippen molar-refractivity contribution in [3.8, 4) is 0 Å². The second kappa shape index (κ2) is 4.94. The number of likely N-dealkylation sites (N-methyl/N-ethyl adjacent to an activating group) is 1. The molecule has 0 aliphatic rings. The molecule has 0 bridgehead atoms. The quantitative estimate of drug-likeness (QED) is 0.802. The van der Waals surface area contributed by atoms with E-state index in [9.17, 15) is 26.4 Å². The van der Waals surface area contributed by atoms with Gasteiger partial charge in [0, 0.05) is 7.05 Å². The highest BCUT2D eigenvalue weighted by molar-refractivity contribution is 7.89. The molecule has 0 aromatic heterocycles. The minimum absolute atomic E-state index is 0.436. The molecule has 5 nitrogen and oxygen atoms in total. The third kappa shape index (κ3) is 2.62. The van der Waals surface area contributed by atoms with Crippen LogP contribution < -0.4 is 5.73 Å². The molecule has 1 amide bonds. The van der Waals surface area contributed by atoms with Crippen molar-refractivity contribution < 1.29 is 26.4 Å². The Morgan fingerprint density at radius 2 is 1.83 bits per heavy atom. The number of nitrogens with two attached hydrogens (primary N) is 1. The second-order valence-corrected chi connectivity index (χ2v) is 5.41. The van der Waals surface area contributed by atoms with Crippen molar-refractivity contribution >= 4 is 15.9 Å². The minimum atomic E-state index is -4.45. The summed E-state index contributed by atoms with van der Waals surface area (Å²) in [4.78, 5) is 9.52. The van der Waals surface area contributed by atoms with Crippen LogP contribution in [0.4, 0.5) is 13.2 Å². The molecule has 18 heavy (non-hydrogen) atoms. The summed E-state index contributed by atoms with van der Waals surface area (Å²) in [6, 6.07) is 1.05. The number of primary amides is 1. The van der Waals surface area contributed by atoms with E-state index >= 15 is 0 Å². The monoisotopic (exact) mass is 282 g/mol. The lowest BCUT2D eigenvalue weighted by molar-refractivity contribution is -0.118. The molecule has 9 heteroatoms. The molecule has 0 aliphatic carbocycles. The minimum Gasteiger partial charge on any atom is -0.369 e. The number of carbonyl (C=O) groups excluding carboxylic acids is 1. The van der Waals surface area contributed by atoms with Crippen molar-refractivity contribution in [2.75, 3.05) is 13.6 Å².